The zero-order valence-corrected chi connectivity index (χ0v) is 8.25. The van der Waals surface area contributed by atoms with E-state index in [1.165, 1.54) is 12.1 Å². The van der Waals surface area contributed by atoms with Gasteiger partial charge in [0.1, 0.15) is 0 Å². The van der Waals surface area contributed by atoms with Crippen molar-refractivity contribution in [3.63, 3.8) is 0 Å². The molecule has 0 fully saturated rings. The van der Waals surface area contributed by atoms with Crippen molar-refractivity contribution in [3.8, 4) is 11.1 Å². The maximum absolute atomic E-state index is 12.7. The van der Waals surface area contributed by atoms with Crippen LogP contribution in [0.5, 0.6) is 0 Å². The van der Waals surface area contributed by atoms with Crippen LogP contribution in [0.2, 0.25) is 0 Å². The van der Waals surface area contributed by atoms with Crippen molar-refractivity contribution >= 4 is 0 Å². The van der Waals surface area contributed by atoms with Crippen molar-refractivity contribution in [2.45, 2.75) is 6.18 Å². The molecule has 0 aliphatic heterocycles. The van der Waals surface area contributed by atoms with Gasteiger partial charge in [-0.25, -0.2) is 0 Å². The summed E-state index contributed by atoms with van der Waals surface area (Å²) in [6.07, 6.45) is -4.34. The molecule has 0 aromatic heterocycles. The van der Waals surface area contributed by atoms with Gasteiger partial charge in [0.15, 0.2) is 0 Å². The summed E-state index contributed by atoms with van der Waals surface area (Å²) in [4.78, 5) is 0. The van der Waals surface area contributed by atoms with Crippen LogP contribution in [0.15, 0.2) is 48.5 Å². The number of hydrogen-bond acceptors (Lipinski definition) is 0. The van der Waals surface area contributed by atoms with Gasteiger partial charge in [-0.3, -0.25) is 0 Å². The fourth-order valence-electron chi connectivity index (χ4n) is 1.52. The van der Waals surface area contributed by atoms with E-state index in [0.717, 1.165) is 6.07 Å². The van der Waals surface area contributed by atoms with E-state index in [9.17, 15) is 13.2 Å². The van der Waals surface area contributed by atoms with Gasteiger partial charge in [-0.05, 0) is 17.7 Å². The highest BCUT2D eigenvalue weighted by Gasteiger charge is 2.33. The minimum absolute atomic E-state index is 0.0931. The second-order valence-corrected chi connectivity index (χ2v) is 3.32. The Morgan fingerprint density at radius 3 is 2.19 bits per heavy atom. The first-order chi connectivity index (χ1) is 7.59. The quantitative estimate of drug-likeness (QED) is 0.677. The summed E-state index contributed by atoms with van der Waals surface area (Å²) >= 11 is 0. The molecule has 0 saturated carbocycles. The fraction of sp³-hybridized carbons (Fsp3) is 0.0769. The van der Waals surface area contributed by atoms with E-state index in [2.05, 4.69) is 6.07 Å². The molecule has 81 valence electrons. The third-order valence-electron chi connectivity index (χ3n) is 2.22. The molecule has 1 radical (unpaired) electrons. The van der Waals surface area contributed by atoms with Crippen molar-refractivity contribution < 1.29 is 13.2 Å². The second kappa shape index (κ2) is 4.00. The third-order valence-corrected chi connectivity index (χ3v) is 2.22. The Morgan fingerprint density at radius 2 is 1.56 bits per heavy atom. The van der Waals surface area contributed by atoms with Gasteiger partial charge in [-0.15, -0.1) is 0 Å². The van der Waals surface area contributed by atoms with Crippen LogP contribution in [0.3, 0.4) is 0 Å². The molecule has 2 aromatic carbocycles. The molecular formula is C13H8F3. The van der Waals surface area contributed by atoms with E-state index in [1.54, 1.807) is 30.3 Å². The summed E-state index contributed by atoms with van der Waals surface area (Å²) in [5.74, 6) is 0. The largest absolute Gasteiger partial charge is 0.417 e. The Kier molecular flexibility index (Phi) is 2.69. The van der Waals surface area contributed by atoms with E-state index in [4.69, 9.17) is 0 Å². The summed E-state index contributed by atoms with van der Waals surface area (Å²) in [5, 5.41) is 0. The highest BCUT2D eigenvalue weighted by molar-refractivity contribution is 5.67. The van der Waals surface area contributed by atoms with Crippen LogP contribution in [0.1, 0.15) is 5.56 Å². The topological polar surface area (TPSA) is 0 Å². The van der Waals surface area contributed by atoms with Gasteiger partial charge in [0.05, 0.1) is 5.56 Å². The average molecular weight is 221 g/mol. The Morgan fingerprint density at radius 1 is 0.875 bits per heavy atom. The van der Waals surface area contributed by atoms with E-state index < -0.39 is 11.7 Å². The summed E-state index contributed by atoms with van der Waals surface area (Å²) in [7, 11) is 0. The molecule has 0 aliphatic rings. The molecule has 16 heavy (non-hydrogen) atoms. The van der Waals surface area contributed by atoms with Crippen LogP contribution >= 0.6 is 0 Å². The van der Waals surface area contributed by atoms with Crippen molar-refractivity contribution in [2.24, 2.45) is 0 Å². The van der Waals surface area contributed by atoms with Crippen LogP contribution in [0.4, 0.5) is 13.2 Å². The van der Waals surface area contributed by atoms with Crippen molar-refractivity contribution in [1.82, 2.24) is 0 Å². The number of rotatable bonds is 1. The highest BCUT2D eigenvalue weighted by Crippen LogP contribution is 2.36. The first-order valence-electron chi connectivity index (χ1n) is 4.72. The molecule has 0 unspecified atom stereocenters. The minimum atomic E-state index is -4.34. The molecule has 0 atom stereocenters. The smallest absolute Gasteiger partial charge is 0.166 e. The predicted molar refractivity (Wildman–Crippen MR) is 55.7 cm³/mol. The molecular weight excluding hydrogens is 213 g/mol. The van der Waals surface area contributed by atoms with Gasteiger partial charge < -0.3 is 0 Å². The van der Waals surface area contributed by atoms with E-state index in [1.807, 2.05) is 0 Å². The van der Waals surface area contributed by atoms with E-state index in [0.29, 0.717) is 5.56 Å². The molecule has 0 aliphatic carbocycles. The first-order valence-corrected chi connectivity index (χ1v) is 4.72. The molecule has 0 nitrogen and oxygen atoms in total. The van der Waals surface area contributed by atoms with Gasteiger partial charge in [-0.2, -0.15) is 13.2 Å². The maximum Gasteiger partial charge on any atom is 0.417 e. The number of benzene rings is 2. The molecule has 0 amide bonds. The van der Waals surface area contributed by atoms with Gasteiger partial charge in [0.2, 0.25) is 0 Å². The van der Waals surface area contributed by atoms with Crippen LogP contribution in [0.25, 0.3) is 11.1 Å². The third kappa shape index (κ3) is 2.08. The maximum atomic E-state index is 12.7. The molecule has 0 bridgehead atoms. The summed E-state index contributed by atoms with van der Waals surface area (Å²) in [5.41, 5.74) is -0.0350. The number of alkyl halides is 3. The van der Waals surface area contributed by atoms with Gasteiger partial charge in [0.25, 0.3) is 0 Å². The Labute approximate surface area is 91.4 Å². The summed E-state index contributed by atoms with van der Waals surface area (Å²) in [6, 6.07) is 15.0. The molecule has 3 heteroatoms. The lowest BCUT2D eigenvalue weighted by Crippen LogP contribution is -2.06. The molecule has 2 rings (SSSR count). The average Bonchev–Trinajstić information content (AvgIpc) is 2.29. The molecule has 0 spiro atoms. The SMILES string of the molecule is FC(F)(F)c1ccc[c]c1-c1ccccc1. The van der Waals surface area contributed by atoms with Crippen LogP contribution < -0.4 is 0 Å². The Balaban J connectivity index is 2.58. The normalized spacial score (nSPS) is 11.4. The summed E-state index contributed by atoms with van der Waals surface area (Å²) in [6.45, 7) is 0. The lowest BCUT2D eigenvalue weighted by molar-refractivity contribution is -0.137. The van der Waals surface area contributed by atoms with E-state index in [-0.39, 0.29) is 5.56 Å². The van der Waals surface area contributed by atoms with Crippen molar-refractivity contribution in [2.75, 3.05) is 0 Å². The molecule has 0 N–H and O–H groups in total. The number of hydrogen-bond donors (Lipinski definition) is 0. The Bertz CT molecular complexity index is 472. The van der Waals surface area contributed by atoms with Crippen LogP contribution in [-0.4, -0.2) is 0 Å². The summed E-state index contributed by atoms with van der Waals surface area (Å²) < 4.78 is 38.1. The van der Waals surface area contributed by atoms with Crippen molar-refractivity contribution in [3.05, 3.63) is 60.2 Å². The van der Waals surface area contributed by atoms with Gasteiger partial charge in [-0.1, -0.05) is 42.5 Å². The highest BCUT2D eigenvalue weighted by atomic mass is 19.4. The van der Waals surface area contributed by atoms with Gasteiger partial charge in [0, 0.05) is 5.56 Å². The second-order valence-electron chi connectivity index (χ2n) is 3.32. The standard InChI is InChI=1S/C13H8F3/c14-13(15,16)12-9-5-4-8-11(12)10-6-2-1-3-7-10/h1-7,9H. The zero-order valence-electron chi connectivity index (χ0n) is 8.25. The molecule has 0 saturated heterocycles. The zero-order chi connectivity index (χ0) is 11.6. The van der Waals surface area contributed by atoms with Crippen LogP contribution in [-0.2, 0) is 6.18 Å². The van der Waals surface area contributed by atoms with Gasteiger partial charge >= 0.3 is 6.18 Å². The van der Waals surface area contributed by atoms with Crippen LogP contribution in [0, 0.1) is 6.07 Å². The molecule has 0 heterocycles. The number of halogens is 3. The lowest BCUT2D eigenvalue weighted by atomic mass is 9.99. The Hall–Kier alpha value is -1.77. The monoisotopic (exact) mass is 221 g/mol. The minimum Gasteiger partial charge on any atom is -0.166 e. The first kappa shape index (κ1) is 10.7. The lowest BCUT2D eigenvalue weighted by Gasteiger charge is -2.12. The fourth-order valence-corrected chi connectivity index (χ4v) is 1.52. The van der Waals surface area contributed by atoms with E-state index >= 15 is 0 Å². The predicted octanol–water partition coefficient (Wildman–Crippen LogP) is 4.17. The molecule has 2 aromatic rings. The van der Waals surface area contributed by atoms with Crippen molar-refractivity contribution in [1.29, 1.82) is 0 Å².